The summed E-state index contributed by atoms with van der Waals surface area (Å²) in [6.45, 7) is 7.71. The van der Waals surface area contributed by atoms with Gasteiger partial charge in [-0.15, -0.1) is 0 Å². The van der Waals surface area contributed by atoms with Gasteiger partial charge in [-0.3, -0.25) is 4.55 Å². The van der Waals surface area contributed by atoms with E-state index in [1.165, 1.54) is 250 Å². The van der Waals surface area contributed by atoms with Gasteiger partial charge in [0.05, 0.1) is 12.3 Å². The Morgan fingerprint density at radius 2 is 0.533 bits per heavy atom. The Hall–Kier alpha value is -0.910. The number of allylic oxidation sites excluding steroid dienone is 3. The van der Waals surface area contributed by atoms with Gasteiger partial charge in [-0.25, -0.2) is 4.48 Å². The van der Waals surface area contributed by atoms with Gasteiger partial charge in [0.2, 0.25) is 0 Å². The van der Waals surface area contributed by atoms with Crippen LogP contribution in [0, 0.1) is 0 Å². The molecule has 356 valence electrons. The molecular weight excluding hydrogens is 755 g/mol. The van der Waals surface area contributed by atoms with Crippen molar-refractivity contribution in [1.29, 1.82) is 0 Å². The highest BCUT2D eigenvalue weighted by Crippen LogP contribution is 2.20. The molecule has 0 rings (SSSR count). The van der Waals surface area contributed by atoms with Gasteiger partial charge in [-0.1, -0.05) is 252 Å². The van der Waals surface area contributed by atoms with E-state index in [1.54, 1.807) is 0 Å². The molecule has 0 saturated heterocycles. The lowest BCUT2D eigenvalue weighted by molar-refractivity contribution is -0.774. The third-order valence-electron chi connectivity index (χ3n) is 12.8. The fourth-order valence-corrected chi connectivity index (χ4v) is 9.26. The highest BCUT2D eigenvalue weighted by atomic mass is 32.2. The van der Waals surface area contributed by atoms with E-state index in [4.69, 9.17) is 0 Å². The summed E-state index contributed by atoms with van der Waals surface area (Å²) in [7, 11) is -3.93. The summed E-state index contributed by atoms with van der Waals surface area (Å²) in [4.78, 5) is 0. The molecule has 0 aliphatic heterocycles. The van der Waals surface area contributed by atoms with Crippen LogP contribution in [0.15, 0.2) is 36.8 Å². The molecule has 0 fully saturated rings. The molecule has 60 heavy (non-hydrogen) atoms. The van der Waals surface area contributed by atoms with E-state index in [0.717, 1.165) is 32.2 Å². The van der Waals surface area contributed by atoms with Crippen molar-refractivity contribution in [3.8, 4) is 0 Å². The fourth-order valence-electron chi connectivity index (χ4n) is 8.70. The number of hydrogen-bond acceptors (Lipinski definition) is 2. The maximum Gasteiger partial charge on any atom is 0.264 e. The minimum atomic E-state index is -3.93. The number of rotatable bonds is 50. The van der Waals surface area contributed by atoms with Crippen molar-refractivity contribution in [2.45, 2.75) is 303 Å². The van der Waals surface area contributed by atoms with E-state index in [2.05, 4.69) is 57.6 Å². The topological polar surface area (TPSA) is 54.4 Å². The fraction of sp³-hybridized carbons (Fsp3) is 0.891. The Balaban J connectivity index is 5.00. The molecule has 0 atom stereocenters. The first-order valence-corrected chi connectivity index (χ1v) is 28.9. The van der Waals surface area contributed by atoms with Crippen LogP contribution in [-0.2, 0) is 10.1 Å². The van der Waals surface area contributed by atoms with Gasteiger partial charge in [0, 0.05) is 0 Å². The van der Waals surface area contributed by atoms with Crippen molar-refractivity contribution in [2.75, 3.05) is 12.3 Å². The third kappa shape index (κ3) is 46.6. The smallest absolute Gasteiger partial charge is 0.264 e. The predicted octanol–water partition coefficient (Wildman–Crippen LogP) is 19.5. The van der Waals surface area contributed by atoms with Gasteiger partial charge in [0.15, 0.2) is 0 Å². The van der Waals surface area contributed by atoms with E-state index < -0.39 is 10.1 Å². The van der Waals surface area contributed by atoms with Crippen LogP contribution in [0.1, 0.15) is 303 Å². The summed E-state index contributed by atoms with van der Waals surface area (Å²) in [6.07, 6.45) is 72.6. The Morgan fingerprint density at radius 1 is 0.317 bits per heavy atom. The Bertz CT molecular complexity index is 936. The molecule has 0 aromatic heterocycles. The molecule has 0 radical (unpaired) electrons. The molecule has 0 aromatic rings. The first-order valence-electron chi connectivity index (χ1n) is 27.2. The van der Waals surface area contributed by atoms with E-state index in [1.807, 2.05) is 0 Å². The van der Waals surface area contributed by atoms with Crippen molar-refractivity contribution in [3.05, 3.63) is 36.8 Å². The standard InChI is InChI=1S/C55H107NO3S/c1-4-7-10-13-16-19-22-25-28-31-34-37-40-43-46-51-56(54-49-50-55-60(57,58)59,52-47-44-41-38-35-32-29-26-23-20-17-14-11-8-5-2)53-48-45-42-39-36-33-30-27-24-21-18-15-12-9-6-3/h46-48,51-53H,4-45,49-50,54-55H2,1-3H3/p+1/b51-46+,52-47+,53-48+. The van der Waals surface area contributed by atoms with Crippen LogP contribution in [0.3, 0.4) is 0 Å². The molecular formula is C55H108NO3S+. The lowest BCUT2D eigenvalue weighted by Gasteiger charge is -2.27. The van der Waals surface area contributed by atoms with Crippen LogP contribution in [0.2, 0.25) is 0 Å². The minimum Gasteiger partial charge on any atom is -0.286 e. The van der Waals surface area contributed by atoms with Gasteiger partial charge in [0.1, 0.15) is 18.6 Å². The van der Waals surface area contributed by atoms with E-state index in [-0.39, 0.29) is 5.75 Å². The van der Waals surface area contributed by atoms with Gasteiger partial charge >= 0.3 is 0 Å². The third-order valence-corrected chi connectivity index (χ3v) is 13.6. The Labute approximate surface area is 378 Å². The van der Waals surface area contributed by atoms with Crippen LogP contribution >= 0.6 is 0 Å². The van der Waals surface area contributed by atoms with Gasteiger partial charge < -0.3 is 0 Å². The second-order valence-corrected chi connectivity index (χ2v) is 20.5. The number of hydrogen-bond donors (Lipinski definition) is 1. The Morgan fingerprint density at radius 3 is 0.750 bits per heavy atom. The number of quaternary nitrogens is 1. The maximum absolute atomic E-state index is 11.6. The molecule has 0 heterocycles. The van der Waals surface area contributed by atoms with Crippen molar-refractivity contribution < 1.29 is 17.5 Å². The highest BCUT2D eigenvalue weighted by Gasteiger charge is 2.19. The molecule has 0 spiro atoms. The van der Waals surface area contributed by atoms with Crippen LogP contribution in [0.25, 0.3) is 0 Å². The highest BCUT2D eigenvalue weighted by molar-refractivity contribution is 7.85. The van der Waals surface area contributed by atoms with Crippen LogP contribution in [0.4, 0.5) is 0 Å². The second kappa shape index (κ2) is 47.6. The average Bonchev–Trinajstić information content (AvgIpc) is 3.23. The molecule has 0 aliphatic rings. The summed E-state index contributed by atoms with van der Waals surface area (Å²) in [5.41, 5.74) is 0. The maximum atomic E-state index is 11.6. The zero-order valence-electron chi connectivity index (χ0n) is 41.1. The quantitative estimate of drug-likeness (QED) is 0.0377. The summed E-state index contributed by atoms with van der Waals surface area (Å²) in [5.74, 6) is -0.152. The van der Waals surface area contributed by atoms with Crippen LogP contribution in [0.5, 0.6) is 0 Å². The van der Waals surface area contributed by atoms with E-state index in [9.17, 15) is 13.0 Å². The average molecular weight is 864 g/mol. The van der Waals surface area contributed by atoms with Crippen LogP contribution < -0.4 is 0 Å². The number of unbranched alkanes of at least 4 members (excludes halogenated alkanes) is 40. The first-order chi connectivity index (χ1) is 29.4. The molecule has 0 amide bonds. The summed E-state index contributed by atoms with van der Waals surface area (Å²) >= 11 is 0. The molecule has 4 nitrogen and oxygen atoms in total. The van der Waals surface area contributed by atoms with Crippen molar-refractivity contribution in [1.82, 2.24) is 0 Å². The molecule has 1 N–H and O–H groups in total. The first kappa shape index (κ1) is 59.1. The lowest BCUT2D eigenvalue weighted by atomic mass is 10.0. The SMILES string of the molecule is CCCCCCCCCCCCCCC/C=C/[N+](/C=C/CCCCCCCCCCCCCCC)(/C=C/CCCCCCCCCCCCCCC)CCCCS(=O)(=O)O. The van der Waals surface area contributed by atoms with Gasteiger partial charge in [-0.2, -0.15) is 8.42 Å². The predicted molar refractivity (Wildman–Crippen MR) is 269 cm³/mol. The monoisotopic (exact) mass is 863 g/mol. The minimum absolute atomic E-state index is 0.152. The zero-order valence-corrected chi connectivity index (χ0v) is 41.9. The molecule has 5 heteroatoms. The van der Waals surface area contributed by atoms with Gasteiger partial charge in [-0.05, 0) is 69.6 Å². The van der Waals surface area contributed by atoms with Crippen molar-refractivity contribution in [2.24, 2.45) is 0 Å². The Kier molecular flexibility index (Phi) is 46.8. The molecule has 0 aromatic carbocycles. The van der Waals surface area contributed by atoms with E-state index in [0.29, 0.717) is 10.9 Å². The molecule has 0 unspecified atom stereocenters. The lowest BCUT2D eigenvalue weighted by Crippen LogP contribution is -2.32. The second-order valence-electron chi connectivity index (χ2n) is 19.0. The normalized spacial score (nSPS) is 12.7. The van der Waals surface area contributed by atoms with Gasteiger partial charge in [0.25, 0.3) is 10.1 Å². The number of nitrogens with zero attached hydrogens (tertiary/aromatic N) is 1. The van der Waals surface area contributed by atoms with Crippen LogP contribution in [-0.4, -0.2) is 29.8 Å². The largest absolute Gasteiger partial charge is 0.286 e. The molecule has 0 aliphatic carbocycles. The molecule has 0 saturated carbocycles. The summed E-state index contributed by atoms with van der Waals surface area (Å²) in [5, 5.41) is 0. The molecule has 0 bridgehead atoms. The van der Waals surface area contributed by atoms with Crippen molar-refractivity contribution >= 4 is 10.1 Å². The summed E-state index contributed by atoms with van der Waals surface area (Å²) in [6, 6.07) is 0. The van der Waals surface area contributed by atoms with Crippen molar-refractivity contribution in [3.63, 3.8) is 0 Å². The van der Waals surface area contributed by atoms with E-state index >= 15 is 0 Å². The summed E-state index contributed by atoms with van der Waals surface area (Å²) < 4.78 is 33.2. The zero-order chi connectivity index (χ0) is 43.8.